The zero-order chi connectivity index (χ0) is 12.8. The van der Waals surface area contributed by atoms with E-state index in [1.165, 1.54) is 5.56 Å². The zero-order valence-electron chi connectivity index (χ0n) is 10.2. The van der Waals surface area contributed by atoms with E-state index in [0.717, 1.165) is 32.7 Å². The molecule has 0 radical (unpaired) electrons. The molecule has 0 amide bonds. The maximum absolute atomic E-state index is 12.0. The summed E-state index contributed by atoms with van der Waals surface area (Å²) in [7, 11) is 0. The Hall–Kier alpha value is -1.20. The van der Waals surface area contributed by atoms with Crippen molar-refractivity contribution in [2.45, 2.75) is 13.0 Å². The molecule has 1 aromatic carbocycles. The van der Waals surface area contributed by atoms with Crippen molar-refractivity contribution in [3.63, 3.8) is 0 Å². The molecule has 3 nitrogen and oxygen atoms in total. The number of benzene rings is 1. The van der Waals surface area contributed by atoms with Gasteiger partial charge in [0.05, 0.1) is 0 Å². The number of hydrogen-bond donors (Lipinski definition) is 1. The number of halogens is 2. The Morgan fingerprint density at radius 2 is 1.83 bits per heavy atom. The average Bonchev–Trinajstić information content (AvgIpc) is 2.39. The number of rotatable bonds is 5. The van der Waals surface area contributed by atoms with Gasteiger partial charge in [-0.15, -0.1) is 0 Å². The lowest BCUT2D eigenvalue weighted by Gasteiger charge is -2.27. The van der Waals surface area contributed by atoms with Gasteiger partial charge in [0.25, 0.3) is 6.43 Å². The van der Waals surface area contributed by atoms with Crippen molar-refractivity contribution in [2.24, 2.45) is 0 Å². The average molecular weight is 256 g/mol. The van der Waals surface area contributed by atoms with Crippen LogP contribution in [0.15, 0.2) is 24.3 Å². The van der Waals surface area contributed by atoms with Crippen LogP contribution >= 0.6 is 0 Å². The molecule has 1 aromatic rings. The van der Waals surface area contributed by atoms with E-state index in [1.807, 2.05) is 12.1 Å². The first kappa shape index (κ1) is 13.2. The van der Waals surface area contributed by atoms with Crippen LogP contribution in [0, 0.1) is 0 Å². The van der Waals surface area contributed by atoms with E-state index in [4.69, 9.17) is 4.74 Å². The lowest BCUT2D eigenvalue weighted by atomic mass is 10.2. The minimum absolute atomic E-state index is 0.499. The van der Waals surface area contributed by atoms with Gasteiger partial charge in [-0.25, -0.2) is 8.78 Å². The first-order chi connectivity index (χ1) is 8.74. The third-order valence-electron chi connectivity index (χ3n) is 2.92. The number of nitrogens with zero attached hydrogens (tertiary/aromatic N) is 1. The maximum atomic E-state index is 12.0. The molecule has 1 aliphatic heterocycles. The van der Waals surface area contributed by atoms with Gasteiger partial charge in [0, 0.05) is 32.7 Å². The smallest absolute Gasteiger partial charge is 0.272 e. The quantitative estimate of drug-likeness (QED) is 0.868. The summed E-state index contributed by atoms with van der Waals surface area (Å²) in [5.41, 5.74) is 1.18. The minimum atomic E-state index is -2.43. The third kappa shape index (κ3) is 4.23. The van der Waals surface area contributed by atoms with E-state index in [-0.39, 0.29) is 0 Å². The number of piperazine rings is 1. The Bertz CT molecular complexity index is 351. The molecule has 100 valence electrons. The molecule has 0 aliphatic carbocycles. The molecule has 0 saturated carbocycles. The molecule has 1 fully saturated rings. The monoisotopic (exact) mass is 256 g/mol. The number of ether oxygens (including phenoxy) is 1. The molecule has 0 bridgehead atoms. The highest BCUT2D eigenvalue weighted by molar-refractivity contribution is 5.27. The normalized spacial score (nSPS) is 17.1. The van der Waals surface area contributed by atoms with Crippen molar-refractivity contribution in [1.29, 1.82) is 0 Å². The largest absolute Gasteiger partial charge is 0.488 e. The van der Waals surface area contributed by atoms with Gasteiger partial charge in [-0.2, -0.15) is 0 Å². The van der Waals surface area contributed by atoms with Crippen LogP contribution in [-0.2, 0) is 6.54 Å². The first-order valence-electron chi connectivity index (χ1n) is 6.17. The van der Waals surface area contributed by atoms with Crippen molar-refractivity contribution in [3.05, 3.63) is 29.8 Å². The minimum Gasteiger partial charge on any atom is -0.488 e. The van der Waals surface area contributed by atoms with E-state index >= 15 is 0 Å². The van der Waals surface area contributed by atoms with Gasteiger partial charge in [-0.3, -0.25) is 4.90 Å². The van der Waals surface area contributed by atoms with Gasteiger partial charge in [-0.1, -0.05) is 12.1 Å². The number of hydrogen-bond acceptors (Lipinski definition) is 3. The molecular formula is C13H18F2N2O. The van der Waals surface area contributed by atoms with Crippen molar-refractivity contribution in [2.75, 3.05) is 32.8 Å². The number of nitrogens with one attached hydrogen (secondary N) is 1. The predicted molar refractivity (Wildman–Crippen MR) is 66.1 cm³/mol. The molecule has 1 aliphatic rings. The Balaban J connectivity index is 1.83. The lowest BCUT2D eigenvalue weighted by Crippen LogP contribution is -2.42. The Morgan fingerprint density at radius 3 is 2.44 bits per heavy atom. The SMILES string of the molecule is FC(F)COc1ccc(CN2CCNCC2)cc1. The molecule has 2 rings (SSSR count). The molecular weight excluding hydrogens is 238 g/mol. The summed E-state index contributed by atoms with van der Waals surface area (Å²) in [6.45, 7) is 4.49. The Morgan fingerprint density at radius 1 is 1.17 bits per heavy atom. The molecule has 18 heavy (non-hydrogen) atoms. The van der Waals surface area contributed by atoms with Crippen molar-refractivity contribution < 1.29 is 13.5 Å². The summed E-state index contributed by atoms with van der Waals surface area (Å²) in [5.74, 6) is 0.499. The summed E-state index contributed by atoms with van der Waals surface area (Å²) in [6.07, 6.45) is -2.43. The lowest BCUT2D eigenvalue weighted by molar-refractivity contribution is 0.0819. The van der Waals surface area contributed by atoms with E-state index < -0.39 is 13.0 Å². The molecule has 1 N–H and O–H groups in total. The topological polar surface area (TPSA) is 24.5 Å². The van der Waals surface area contributed by atoms with Gasteiger partial charge < -0.3 is 10.1 Å². The second kappa shape index (κ2) is 6.66. The highest BCUT2D eigenvalue weighted by Gasteiger charge is 2.10. The molecule has 0 unspecified atom stereocenters. The fourth-order valence-corrected chi connectivity index (χ4v) is 1.98. The van der Waals surface area contributed by atoms with Gasteiger partial charge in [0.1, 0.15) is 12.4 Å². The van der Waals surface area contributed by atoms with Gasteiger partial charge >= 0.3 is 0 Å². The second-order valence-corrected chi connectivity index (χ2v) is 4.37. The third-order valence-corrected chi connectivity index (χ3v) is 2.92. The van der Waals surface area contributed by atoms with Crippen molar-refractivity contribution in [3.8, 4) is 5.75 Å². The molecule has 0 atom stereocenters. The summed E-state index contributed by atoms with van der Waals surface area (Å²) in [5, 5.41) is 3.30. The van der Waals surface area contributed by atoms with Crippen LogP contribution in [-0.4, -0.2) is 44.1 Å². The Labute approximate surface area is 106 Å². The number of alkyl halides is 2. The zero-order valence-corrected chi connectivity index (χ0v) is 10.2. The van der Waals surface area contributed by atoms with Crippen LogP contribution in [0.5, 0.6) is 5.75 Å². The molecule has 5 heteroatoms. The van der Waals surface area contributed by atoms with Crippen LogP contribution in [0.4, 0.5) is 8.78 Å². The van der Waals surface area contributed by atoms with E-state index in [2.05, 4.69) is 10.2 Å². The maximum Gasteiger partial charge on any atom is 0.272 e. The standard InChI is InChI=1S/C13H18F2N2O/c14-13(15)10-18-12-3-1-11(2-4-12)9-17-7-5-16-6-8-17/h1-4,13,16H,5-10H2. The van der Waals surface area contributed by atoms with Crippen LogP contribution in [0.1, 0.15) is 5.56 Å². The fraction of sp³-hybridized carbons (Fsp3) is 0.538. The van der Waals surface area contributed by atoms with E-state index in [9.17, 15) is 8.78 Å². The van der Waals surface area contributed by atoms with Gasteiger partial charge in [0.15, 0.2) is 0 Å². The highest BCUT2D eigenvalue weighted by atomic mass is 19.3. The van der Waals surface area contributed by atoms with Crippen LogP contribution in [0.3, 0.4) is 0 Å². The predicted octanol–water partition coefficient (Wildman–Crippen LogP) is 1.74. The van der Waals surface area contributed by atoms with E-state index in [1.54, 1.807) is 12.1 Å². The second-order valence-electron chi connectivity index (χ2n) is 4.37. The molecule has 0 spiro atoms. The van der Waals surface area contributed by atoms with Crippen molar-refractivity contribution >= 4 is 0 Å². The van der Waals surface area contributed by atoms with Crippen molar-refractivity contribution in [1.82, 2.24) is 10.2 Å². The highest BCUT2D eigenvalue weighted by Crippen LogP contribution is 2.14. The Kier molecular flexibility index (Phi) is 4.90. The van der Waals surface area contributed by atoms with Crippen LogP contribution < -0.4 is 10.1 Å². The molecule has 1 heterocycles. The van der Waals surface area contributed by atoms with E-state index in [0.29, 0.717) is 5.75 Å². The summed E-state index contributed by atoms with van der Waals surface area (Å²) < 4.78 is 28.9. The molecule has 1 saturated heterocycles. The summed E-state index contributed by atoms with van der Waals surface area (Å²) in [4.78, 5) is 2.37. The fourth-order valence-electron chi connectivity index (χ4n) is 1.98. The summed E-state index contributed by atoms with van der Waals surface area (Å²) in [6, 6.07) is 7.37. The first-order valence-corrected chi connectivity index (χ1v) is 6.17. The van der Waals surface area contributed by atoms with Crippen LogP contribution in [0.25, 0.3) is 0 Å². The van der Waals surface area contributed by atoms with Crippen LogP contribution in [0.2, 0.25) is 0 Å². The molecule has 0 aromatic heterocycles. The van der Waals surface area contributed by atoms with Gasteiger partial charge in [-0.05, 0) is 17.7 Å². The summed E-state index contributed by atoms with van der Waals surface area (Å²) >= 11 is 0. The van der Waals surface area contributed by atoms with Gasteiger partial charge in [0.2, 0.25) is 0 Å².